The van der Waals surface area contributed by atoms with Crippen LogP contribution in [-0.2, 0) is 4.79 Å². The molecule has 0 bridgehead atoms. The second-order valence-corrected chi connectivity index (χ2v) is 6.50. The van der Waals surface area contributed by atoms with Crippen LogP contribution in [0.4, 0.5) is 0 Å². The number of phenols is 1. The van der Waals surface area contributed by atoms with Gasteiger partial charge in [-0.3, -0.25) is 10.1 Å². The molecule has 0 saturated carbocycles. The van der Waals surface area contributed by atoms with Crippen molar-refractivity contribution < 1.29 is 15.0 Å². The summed E-state index contributed by atoms with van der Waals surface area (Å²) in [4.78, 5) is 10.8. The fraction of sp³-hybridized carbons (Fsp3) is 0.300. The fourth-order valence-electron chi connectivity index (χ4n) is 1.58. The van der Waals surface area contributed by atoms with E-state index in [1.807, 2.05) is 0 Å². The van der Waals surface area contributed by atoms with Gasteiger partial charge in [-0.1, -0.05) is 15.9 Å². The Morgan fingerprint density at radius 1 is 1.47 bits per heavy atom. The lowest BCUT2D eigenvalue weighted by Crippen LogP contribution is -2.33. The molecule has 1 aromatic rings. The molecule has 0 aromatic heterocycles. The van der Waals surface area contributed by atoms with Crippen LogP contribution in [0, 0.1) is 0 Å². The molecule has 2 rings (SSSR count). The number of nitrogens with one attached hydrogen (secondary N) is 1. The maximum absolute atomic E-state index is 10.8. The number of carboxylic acid groups (broad SMARTS) is 1. The fourth-order valence-corrected chi connectivity index (χ4v) is 4.08. The zero-order valence-electron chi connectivity index (χ0n) is 8.48. The third kappa shape index (κ3) is 2.78. The number of phenolic OH excluding ortho intramolecular Hbond substituents is 1. The van der Waals surface area contributed by atoms with Crippen LogP contribution < -0.4 is 5.32 Å². The highest BCUT2D eigenvalue weighted by Crippen LogP contribution is 2.41. The Kier molecular flexibility index (Phi) is 4.02. The average molecular weight is 383 g/mol. The van der Waals surface area contributed by atoms with Crippen molar-refractivity contribution in [2.45, 2.75) is 11.4 Å². The molecular formula is C10H9Br2NO3S. The molecule has 1 saturated heterocycles. The lowest BCUT2D eigenvalue weighted by molar-refractivity contribution is -0.138. The number of aromatic hydroxyl groups is 1. The second kappa shape index (κ2) is 5.17. The smallest absolute Gasteiger partial charge is 0.321 e. The van der Waals surface area contributed by atoms with Gasteiger partial charge >= 0.3 is 5.97 Å². The number of rotatable bonds is 2. The van der Waals surface area contributed by atoms with E-state index in [1.165, 1.54) is 11.8 Å². The molecule has 17 heavy (non-hydrogen) atoms. The van der Waals surface area contributed by atoms with Gasteiger partial charge in [0, 0.05) is 15.8 Å². The molecule has 0 spiro atoms. The highest BCUT2D eigenvalue weighted by molar-refractivity contribution is 9.11. The van der Waals surface area contributed by atoms with E-state index < -0.39 is 12.0 Å². The molecule has 7 heteroatoms. The van der Waals surface area contributed by atoms with E-state index in [-0.39, 0.29) is 11.1 Å². The summed E-state index contributed by atoms with van der Waals surface area (Å²) in [7, 11) is 0. The Hall–Kier alpha value is -0.240. The second-order valence-electron chi connectivity index (χ2n) is 3.60. The van der Waals surface area contributed by atoms with Gasteiger partial charge < -0.3 is 10.2 Å². The van der Waals surface area contributed by atoms with Crippen LogP contribution in [-0.4, -0.2) is 28.0 Å². The van der Waals surface area contributed by atoms with Crippen LogP contribution in [0.3, 0.4) is 0 Å². The number of carbonyl (C=O) groups is 1. The molecule has 1 aromatic carbocycles. The molecule has 0 radical (unpaired) electrons. The first-order valence-corrected chi connectivity index (χ1v) is 7.41. The number of aliphatic carboxylic acids is 1. The van der Waals surface area contributed by atoms with E-state index in [2.05, 4.69) is 37.2 Å². The van der Waals surface area contributed by atoms with Gasteiger partial charge in [-0.2, -0.15) is 0 Å². The van der Waals surface area contributed by atoms with Crippen LogP contribution in [0.2, 0.25) is 0 Å². The number of thioether (sulfide) groups is 1. The normalized spacial score (nSPS) is 23.9. The molecule has 4 nitrogen and oxygen atoms in total. The van der Waals surface area contributed by atoms with Crippen molar-refractivity contribution in [1.29, 1.82) is 0 Å². The van der Waals surface area contributed by atoms with Gasteiger partial charge in [-0.15, -0.1) is 11.8 Å². The van der Waals surface area contributed by atoms with E-state index in [0.717, 1.165) is 4.47 Å². The third-order valence-electron chi connectivity index (χ3n) is 2.42. The Morgan fingerprint density at radius 3 is 2.76 bits per heavy atom. The number of benzene rings is 1. The Morgan fingerprint density at radius 2 is 2.18 bits per heavy atom. The van der Waals surface area contributed by atoms with E-state index in [4.69, 9.17) is 5.11 Å². The molecule has 0 amide bonds. The SMILES string of the molecule is O=C(O)[C@@H]1CSC(c2cc(Br)cc(Br)c2O)N1. The minimum absolute atomic E-state index is 0.143. The van der Waals surface area contributed by atoms with Crippen LogP contribution >= 0.6 is 43.6 Å². The summed E-state index contributed by atoms with van der Waals surface area (Å²) in [5, 5.41) is 21.6. The number of hydrogen-bond donors (Lipinski definition) is 3. The molecule has 1 aliphatic rings. The Balaban J connectivity index is 2.27. The minimum atomic E-state index is -0.867. The van der Waals surface area contributed by atoms with E-state index in [0.29, 0.717) is 15.8 Å². The van der Waals surface area contributed by atoms with Crippen molar-refractivity contribution in [3.8, 4) is 5.75 Å². The maximum Gasteiger partial charge on any atom is 0.321 e. The highest BCUT2D eigenvalue weighted by Gasteiger charge is 2.32. The van der Waals surface area contributed by atoms with Crippen molar-refractivity contribution in [2.24, 2.45) is 0 Å². The van der Waals surface area contributed by atoms with Gasteiger partial charge in [0.2, 0.25) is 0 Å². The summed E-state index contributed by atoms with van der Waals surface area (Å²) >= 11 is 8.07. The van der Waals surface area contributed by atoms with Gasteiger partial charge in [0.15, 0.2) is 0 Å². The van der Waals surface area contributed by atoms with Crippen molar-refractivity contribution in [1.82, 2.24) is 5.32 Å². The Labute approximate surface area is 119 Å². The number of halogens is 2. The van der Waals surface area contributed by atoms with Crippen molar-refractivity contribution in [2.75, 3.05) is 5.75 Å². The van der Waals surface area contributed by atoms with Gasteiger partial charge in [0.05, 0.1) is 9.85 Å². The first kappa shape index (κ1) is 13.2. The lowest BCUT2D eigenvalue weighted by Gasteiger charge is -2.14. The summed E-state index contributed by atoms with van der Waals surface area (Å²) in [6, 6.07) is 2.96. The quantitative estimate of drug-likeness (QED) is 0.733. The lowest BCUT2D eigenvalue weighted by atomic mass is 10.2. The van der Waals surface area contributed by atoms with Crippen molar-refractivity contribution in [3.05, 3.63) is 26.6 Å². The average Bonchev–Trinajstić information content (AvgIpc) is 2.72. The third-order valence-corrected chi connectivity index (χ3v) is 4.73. The van der Waals surface area contributed by atoms with E-state index in [1.54, 1.807) is 12.1 Å². The monoisotopic (exact) mass is 381 g/mol. The van der Waals surface area contributed by atoms with E-state index >= 15 is 0 Å². The molecule has 0 aliphatic carbocycles. The molecule has 92 valence electrons. The van der Waals surface area contributed by atoms with Crippen molar-refractivity contribution in [3.63, 3.8) is 0 Å². The summed E-state index contributed by atoms with van der Waals surface area (Å²) in [6.07, 6.45) is 0. The van der Waals surface area contributed by atoms with Crippen LogP contribution in [0.25, 0.3) is 0 Å². The highest BCUT2D eigenvalue weighted by atomic mass is 79.9. The van der Waals surface area contributed by atoms with Crippen molar-refractivity contribution >= 4 is 49.6 Å². The maximum atomic E-state index is 10.8. The summed E-state index contributed by atoms with van der Waals surface area (Å²) in [5.41, 5.74) is 0.681. The molecule has 3 N–H and O–H groups in total. The topological polar surface area (TPSA) is 69.6 Å². The molecular weight excluding hydrogens is 374 g/mol. The summed E-state index contributed by atoms with van der Waals surface area (Å²) in [5.74, 6) is -0.235. The number of carboxylic acids is 1. The minimum Gasteiger partial charge on any atom is -0.506 e. The van der Waals surface area contributed by atoms with Crippen LogP contribution in [0.5, 0.6) is 5.75 Å². The van der Waals surface area contributed by atoms with Gasteiger partial charge in [-0.05, 0) is 28.1 Å². The standard InChI is InChI=1S/C10H9Br2NO3S/c11-4-1-5(8(14)6(12)2-4)9-13-7(3-17-9)10(15)16/h1-2,7,9,13-14H,3H2,(H,15,16)/t7-,9?/m0/s1. The molecule has 2 atom stereocenters. The molecule has 1 aliphatic heterocycles. The Bertz CT molecular complexity index is 469. The van der Waals surface area contributed by atoms with Gasteiger partial charge in [0.1, 0.15) is 11.8 Å². The first-order chi connectivity index (χ1) is 7.99. The first-order valence-electron chi connectivity index (χ1n) is 4.77. The van der Waals surface area contributed by atoms with Gasteiger partial charge in [0.25, 0.3) is 0 Å². The zero-order chi connectivity index (χ0) is 12.6. The summed E-state index contributed by atoms with van der Waals surface area (Å²) in [6.45, 7) is 0. The van der Waals surface area contributed by atoms with E-state index in [9.17, 15) is 9.90 Å². The predicted octanol–water partition coefficient (Wildman–Crippen LogP) is 2.71. The number of hydrogen-bond acceptors (Lipinski definition) is 4. The summed E-state index contributed by atoms with van der Waals surface area (Å²) < 4.78 is 1.42. The van der Waals surface area contributed by atoms with Gasteiger partial charge in [-0.25, -0.2) is 0 Å². The predicted molar refractivity (Wildman–Crippen MR) is 73.3 cm³/mol. The molecule has 1 heterocycles. The molecule has 1 fully saturated rings. The molecule has 1 unspecified atom stereocenters. The largest absolute Gasteiger partial charge is 0.506 e. The van der Waals surface area contributed by atoms with Crippen LogP contribution in [0.1, 0.15) is 10.9 Å². The van der Waals surface area contributed by atoms with Crippen LogP contribution in [0.15, 0.2) is 21.1 Å². The zero-order valence-corrected chi connectivity index (χ0v) is 12.5.